The Morgan fingerprint density at radius 3 is 2.13 bits per heavy atom. The van der Waals surface area contributed by atoms with Gasteiger partial charge in [-0.3, -0.25) is 4.40 Å². The van der Waals surface area contributed by atoms with Gasteiger partial charge in [0.05, 0.1) is 17.4 Å². The van der Waals surface area contributed by atoms with Crippen molar-refractivity contribution in [1.29, 1.82) is 0 Å². The van der Waals surface area contributed by atoms with Crippen LogP contribution in [-0.4, -0.2) is 14.4 Å². The largest absolute Gasteiger partial charge is 0.439 e. The van der Waals surface area contributed by atoms with E-state index in [1.165, 1.54) is 27.5 Å². The molecule has 0 unspecified atom stereocenters. The number of ether oxygens (including phenoxy) is 1. The number of rotatable bonds is 6. The molecular weight excluding hydrogens is 552 g/mol. The lowest BCUT2D eigenvalue weighted by Gasteiger charge is -2.26. The summed E-state index contributed by atoms with van der Waals surface area (Å²) in [5.74, 6) is 1.27. The van der Waals surface area contributed by atoms with Gasteiger partial charge in [-0.05, 0) is 78.9 Å². The second-order valence-electron chi connectivity index (χ2n) is 11.3. The Bertz CT molecular complexity index is 2310. The van der Waals surface area contributed by atoms with Gasteiger partial charge < -0.3 is 9.64 Å². The maximum Gasteiger partial charge on any atom is 0.219 e. The van der Waals surface area contributed by atoms with E-state index in [0.717, 1.165) is 39.3 Å². The smallest absolute Gasteiger partial charge is 0.219 e. The van der Waals surface area contributed by atoms with Gasteiger partial charge in [0.25, 0.3) is 0 Å². The maximum atomic E-state index is 6.13. The van der Waals surface area contributed by atoms with Gasteiger partial charge in [0.1, 0.15) is 11.4 Å². The summed E-state index contributed by atoms with van der Waals surface area (Å²) in [6.45, 7) is 4.35. The number of hydrogen-bond donors (Lipinski definition) is 0. The molecule has 5 aromatic carbocycles. The number of benzene rings is 5. The lowest BCUT2D eigenvalue weighted by Crippen LogP contribution is -2.10. The highest BCUT2D eigenvalue weighted by molar-refractivity contribution is 6.13. The summed E-state index contributed by atoms with van der Waals surface area (Å²) < 4.78 is 8.45. The molecular formula is C40H30N4O. The zero-order valence-corrected chi connectivity index (χ0v) is 25.1. The molecule has 0 atom stereocenters. The minimum atomic E-state index is 0.555. The van der Waals surface area contributed by atoms with Crippen LogP contribution in [-0.2, 0) is 0 Å². The fraction of sp³-hybridized carbons (Fsp3) is 0.0500. The number of fused-ring (bicyclic) bond motifs is 6. The van der Waals surface area contributed by atoms with Crippen LogP contribution >= 0.6 is 0 Å². The predicted molar refractivity (Wildman–Crippen MR) is 184 cm³/mol. The van der Waals surface area contributed by atoms with Crippen LogP contribution in [0.1, 0.15) is 11.1 Å². The Morgan fingerprint density at radius 2 is 1.31 bits per heavy atom. The summed E-state index contributed by atoms with van der Waals surface area (Å²) in [5, 5.41) is 3.44. The fourth-order valence-electron chi connectivity index (χ4n) is 6.41. The molecule has 0 bridgehead atoms. The van der Waals surface area contributed by atoms with Gasteiger partial charge in [0.2, 0.25) is 5.88 Å². The standard InChI is InChI=1S/C40H30N4O/c1-27-12-10-13-28(2)39(27)37-26-42-40-35-25-31(21-22-33(35)34-18-6-7-19-36(34)44(37)40)43(29-14-4-3-5-15-29)30-16-11-17-32(24-30)45-38-20-8-9-23-41-38/h3-26H,1-2H3. The molecule has 0 spiro atoms. The first-order valence-electron chi connectivity index (χ1n) is 15.1. The average Bonchev–Trinajstić information content (AvgIpc) is 3.51. The highest BCUT2D eigenvalue weighted by Gasteiger charge is 2.19. The highest BCUT2D eigenvalue weighted by atomic mass is 16.5. The molecule has 0 radical (unpaired) electrons. The van der Waals surface area contributed by atoms with Crippen LogP contribution in [0, 0.1) is 13.8 Å². The molecule has 5 heteroatoms. The topological polar surface area (TPSA) is 42.7 Å². The van der Waals surface area contributed by atoms with E-state index in [1.54, 1.807) is 6.20 Å². The number of para-hydroxylation sites is 2. The number of pyridine rings is 2. The second kappa shape index (κ2) is 11.0. The average molecular weight is 583 g/mol. The third-order valence-corrected chi connectivity index (χ3v) is 8.39. The van der Waals surface area contributed by atoms with E-state index in [2.05, 4.69) is 125 Å². The summed E-state index contributed by atoms with van der Waals surface area (Å²) in [5.41, 5.74) is 9.91. The third kappa shape index (κ3) is 4.66. The van der Waals surface area contributed by atoms with Crippen molar-refractivity contribution < 1.29 is 4.74 Å². The van der Waals surface area contributed by atoms with Crippen LogP contribution in [0.4, 0.5) is 17.1 Å². The molecule has 3 aromatic heterocycles. The van der Waals surface area contributed by atoms with E-state index in [4.69, 9.17) is 9.72 Å². The van der Waals surface area contributed by atoms with Crippen molar-refractivity contribution in [2.24, 2.45) is 0 Å². The first-order chi connectivity index (χ1) is 22.2. The van der Waals surface area contributed by atoms with E-state index in [-0.39, 0.29) is 0 Å². The normalized spacial score (nSPS) is 11.3. The van der Waals surface area contributed by atoms with Crippen molar-refractivity contribution in [2.75, 3.05) is 4.90 Å². The molecule has 216 valence electrons. The van der Waals surface area contributed by atoms with Gasteiger partial charge in [-0.15, -0.1) is 0 Å². The van der Waals surface area contributed by atoms with Crippen LogP contribution < -0.4 is 9.64 Å². The quantitative estimate of drug-likeness (QED) is 0.183. The van der Waals surface area contributed by atoms with E-state index in [9.17, 15) is 0 Å². The molecule has 45 heavy (non-hydrogen) atoms. The first-order valence-corrected chi connectivity index (χ1v) is 15.1. The lowest BCUT2D eigenvalue weighted by molar-refractivity contribution is 0.463. The number of aromatic nitrogens is 3. The minimum Gasteiger partial charge on any atom is -0.439 e. The molecule has 0 amide bonds. The fourth-order valence-corrected chi connectivity index (χ4v) is 6.41. The zero-order chi connectivity index (χ0) is 30.3. The number of anilines is 3. The molecule has 0 aliphatic heterocycles. The second-order valence-corrected chi connectivity index (χ2v) is 11.3. The lowest BCUT2D eigenvalue weighted by atomic mass is 10.00. The summed E-state index contributed by atoms with van der Waals surface area (Å²) in [4.78, 5) is 11.7. The van der Waals surface area contributed by atoms with Crippen LogP contribution in [0.25, 0.3) is 38.6 Å². The van der Waals surface area contributed by atoms with Gasteiger partial charge >= 0.3 is 0 Å². The highest BCUT2D eigenvalue weighted by Crippen LogP contribution is 2.41. The van der Waals surface area contributed by atoms with Crippen LogP contribution in [0.3, 0.4) is 0 Å². The summed E-state index contributed by atoms with van der Waals surface area (Å²) in [7, 11) is 0. The van der Waals surface area contributed by atoms with Crippen molar-refractivity contribution >= 4 is 44.4 Å². The molecule has 5 nitrogen and oxygen atoms in total. The van der Waals surface area contributed by atoms with E-state index in [0.29, 0.717) is 11.6 Å². The Hall–Kier alpha value is -5.94. The van der Waals surface area contributed by atoms with Crippen molar-refractivity contribution in [2.45, 2.75) is 13.8 Å². The van der Waals surface area contributed by atoms with Crippen molar-refractivity contribution in [3.05, 3.63) is 157 Å². The summed E-state index contributed by atoms with van der Waals surface area (Å²) in [6, 6.07) is 46.0. The van der Waals surface area contributed by atoms with Crippen molar-refractivity contribution in [1.82, 2.24) is 14.4 Å². The van der Waals surface area contributed by atoms with Crippen LogP contribution in [0.5, 0.6) is 11.6 Å². The molecule has 0 saturated heterocycles. The Kier molecular flexibility index (Phi) is 6.50. The number of nitrogens with zero attached hydrogens (tertiary/aromatic N) is 4. The van der Waals surface area contributed by atoms with E-state index < -0.39 is 0 Å². The summed E-state index contributed by atoms with van der Waals surface area (Å²) in [6.07, 6.45) is 3.76. The zero-order valence-electron chi connectivity index (χ0n) is 25.1. The monoisotopic (exact) mass is 582 g/mol. The molecule has 0 saturated carbocycles. The number of aryl methyl sites for hydroxylation is 2. The van der Waals surface area contributed by atoms with Gasteiger partial charge in [-0.2, -0.15) is 0 Å². The Morgan fingerprint density at radius 1 is 0.578 bits per heavy atom. The Labute approximate surface area is 261 Å². The molecule has 0 aliphatic carbocycles. The maximum absolute atomic E-state index is 6.13. The predicted octanol–water partition coefficient (Wildman–Crippen LogP) is 10.6. The molecule has 3 heterocycles. The first kappa shape index (κ1) is 26.7. The number of hydrogen-bond acceptors (Lipinski definition) is 4. The number of imidazole rings is 1. The van der Waals surface area contributed by atoms with Crippen molar-refractivity contribution in [3.63, 3.8) is 0 Å². The SMILES string of the molecule is Cc1cccc(C)c1-c1cnc2c3cc(N(c4ccccc4)c4cccc(Oc5ccccn5)c4)ccc3c3ccccc3n12. The van der Waals surface area contributed by atoms with E-state index in [1.807, 2.05) is 42.6 Å². The molecule has 8 aromatic rings. The molecule has 0 fully saturated rings. The summed E-state index contributed by atoms with van der Waals surface area (Å²) >= 11 is 0. The molecule has 0 aliphatic rings. The minimum absolute atomic E-state index is 0.555. The van der Waals surface area contributed by atoms with Crippen LogP contribution in [0.2, 0.25) is 0 Å². The van der Waals surface area contributed by atoms with Gasteiger partial charge in [-0.1, -0.05) is 72.8 Å². The van der Waals surface area contributed by atoms with Gasteiger partial charge in [0.15, 0.2) is 0 Å². The Balaban J connectivity index is 1.35. The molecule has 0 N–H and O–H groups in total. The van der Waals surface area contributed by atoms with Crippen molar-refractivity contribution in [3.8, 4) is 22.9 Å². The van der Waals surface area contributed by atoms with Gasteiger partial charge in [-0.25, -0.2) is 9.97 Å². The van der Waals surface area contributed by atoms with Crippen LogP contribution in [0.15, 0.2) is 146 Å². The third-order valence-electron chi connectivity index (χ3n) is 8.39. The van der Waals surface area contributed by atoms with E-state index >= 15 is 0 Å². The molecule has 8 rings (SSSR count). The van der Waals surface area contributed by atoms with Gasteiger partial charge in [0, 0.05) is 51.7 Å².